The highest BCUT2D eigenvalue weighted by atomic mass is 35.5. The molecule has 17 heavy (non-hydrogen) atoms. The van der Waals surface area contributed by atoms with Gasteiger partial charge in [-0.2, -0.15) is 4.98 Å². The Kier molecular flexibility index (Phi) is 2.49. The van der Waals surface area contributed by atoms with Crippen LogP contribution in [0.15, 0.2) is 35.5 Å². The molecule has 4 nitrogen and oxygen atoms in total. The van der Waals surface area contributed by atoms with Crippen LogP contribution >= 0.6 is 11.6 Å². The summed E-state index contributed by atoms with van der Waals surface area (Å²) < 4.78 is 5.59. The molecule has 0 bridgehead atoms. The zero-order chi connectivity index (χ0) is 11.7. The first-order valence-electron chi connectivity index (χ1n) is 5.10. The lowest BCUT2D eigenvalue weighted by atomic mass is 10.1. The van der Waals surface area contributed by atoms with Gasteiger partial charge in [0.05, 0.1) is 6.54 Å². The smallest absolute Gasteiger partial charge is 0.225 e. The van der Waals surface area contributed by atoms with Gasteiger partial charge in [-0.05, 0) is 29.3 Å². The fourth-order valence-corrected chi connectivity index (χ4v) is 1.78. The molecular formula is C12H8ClN3O. The molecule has 2 aromatic rings. The predicted octanol–water partition coefficient (Wildman–Crippen LogP) is 2.85. The van der Waals surface area contributed by atoms with Crippen LogP contribution < -0.4 is 4.74 Å². The van der Waals surface area contributed by atoms with E-state index in [0.717, 1.165) is 12.1 Å². The summed E-state index contributed by atoms with van der Waals surface area (Å²) in [6.07, 6.45) is 3.40. The number of aliphatic imine (C=N–C) groups is 1. The molecular weight excluding hydrogens is 238 g/mol. The average molecular weight is 246 g/mol. The van der Waals surface area contributed by atoms with Gasteiger partial charge in [0.2, 0.25) is 11.2 Å². The molecule has 2 heterocycles. The maximum absolute atomic E-state index is 5.68. The quantitative estimate of drug-likeness (QED) is 0.765. The minimum atomic E-state index is 0.172. The van der Waals surface area contributed by atoms with Crippen molar-refractivity contribution in [2.24, 2.45) is 4.99 Å². The second-order valence-corrected chi connectivity index (χ2v) is 3.93. The fraction of sp³-hybridized carbons (Fsp3) is 0.0833. The largest absolute Gasteiger partial charge is 0.439 e. The molecule has 0 atom stereocenters. The van der Waals surface area contributed by atoms with Crippen molar-refractivity contribution in [3.8, 4) is 11.6 Å². The normalized spacial score (nSPS) is 12.5. The van der Waals surface area contributed by atoms with Crippen LogP contribution in [0.2, 0.25) is 5.28 Å². The number of aromatic nitrogens is 2. The van der Waals surface area contributed by atoms with Crippen LogP contribution in [0.3, 0.4) is 0 Å². The molecule has 0 aliphatic carbocycles. The molecule has 3 rings (SSSR count). The zero-order valence-electron chi connectivity index (χ0n) is 8.80. The average Bonchev–Trinajstić information content (AvgIpc) is 2.76. The summed E-state index contributed by atoms with van der Waals surface area (Å²) in [6, 6.07) is 7.49. The maximum atomic E-state index is 5.68. The molecule has 1 aliphatic rings. The van der Waals surface area contributed by atoms with Gasteiger partial charge < -0.3 is 4.74 Å². The van der Waals surface area contributed by atoms with Gasteiger partial charge in [0.25, 0.3) is 0 Å². The highest BCUT2D eigenvalue weighted by Gasteiger charge is 2.08. The lowest BCUT2D eigenvalue weighted by Gasteiger charge is -2.05. The van der Waals surface area contributed by atoms with E-state index in [-0.39, 0.29) is 5.28 Å². The first-order valence-corrected chi connectivity index (χ1v) is 5.48. The highest BCUT2D eigenvalue weighted by Crippen LogP contribution is 2.24. The molecule has 0 N–H and O–H groups in total. The van der Waals surface area contributed by atoms with Gasteiger partial charge in [-0.25, -0.2) is 4.98 Å². The Morgan fingerprint density at radius 1 is 1.24 bits per heavy atom. The van der Waals surface area contributed by atoms with Crippen molar-refractivity contribution in [1.82, 2.24) is 9.97 Å². The van der Waals surface area contributed by atoms with Crippen molar-refractivity contribution in [2.45, 2.75) is 6.54 Å². The molecule has 0 radical (unpaired) electrons. The first-order chi connectivity index (χ1) is 8.31. The van der Waals surface area contributed by atoms with Crippen molar-refractivity contribution >= 4 is 17.8 Å². The van der Waals surface area contributed by atoms with E-state index in [0.29, 0.717) is 11.6 Å². The zero-order valence-corrected chi connectivity index (χ0v) is 9.55. The molecule has 0 amide bonds. The SMILES string of the molecule is Clc1nccc(Oc2ccc3c(c2)C=NC3)n1. The Hall–Kier alpha value is -1.94. The minimum absolute atomic E-state index is 0.172. The minimum Gasteiger partial charge on any atom is -0.439 e. The Balaban J connectivity index is 1.88. The number of benzene rings is 1. The lowest BCUT2D eigenvalue weighted by molar-refractivity contribution is 0.461. The number of ether oxygens (including phenoxy) is 1. The van der Waals surface area contributed by atoms with E-state index in [1.165, 1.54) is 5.56 Å². The third kappa shape index (κ3) is 2.12. The number of halogens is 1. The van der Waals surface area contributed by atoms with Crippen LogP contribution in [0, 0.1) is 0 Å². The number of fused-ring (bicyclic) bond motifs is 1. The van der Waals surface area contributed by atoms with Gasteiger partial charge in [0.15, 0.2) is 0 Å². The van der Waals surface area contributed by atoms with Crippen molar-refractivity contribution < 1.29 is 4.74 Å². The Morgan fingerprint density at radius 3 is 3.06 bits per heavy atom. The summed E-state index contributed by atoms with van der Waals surface area (Å²) in [7, 11) is 0. The van der Waals surface area contributed by atoms with E-state index in [1.807, 2.05) is 24.4 Å². The number of hydrogen-bond acceptors (Lipinski definition) is 4. The second-order valence-electron chi connectivity index (χ2n) is 3.60. The summed E-state index contributed by atoms with van der Waals surface area (Å²) in [5.74, 6) is 1.15. The topological polar surface area (TPSA) is 47.4 Å². The number of rotatable bonds is 2. The second kappa shape index (κ2) is 4.14. The van der Waals surface area contributed by atoms with Gasteiger partial charge in [-0.15, -0.1) is 0 Å². The molecule has 0 spiro atoms. The molecule has 1 aromatic carbocycles. The Labute approximate surface area is 103 Å². The third-order valence-corrected chi connectivity index (χ3v) is 2.61. The Morgan fingerprint density at radius 2 is 2.18 bits per heavy atom. The Bertz CT molecular complexity index is 598. The molecule has 84 valence electrons. The molecule has 1 aromatic heterocycles. The maximum Gasteiger partial charge on any atom is 0.225 e. The molecule has 5 heteroatoms. The monoisotopic (exact) mass is 245 g/mol. The fourth-order valence-electron chi connectivity index (χ4n) is 1.64. The highest BCUT2D eigenvalue weighted by molar-refractivity contribution is 6.28. The summed E-state index contributed by atoms with van der Waals surface area (Å²) in [5.41, 5.74) is 2.29. The number of hydrogen-bond donors (Lipinski definition) is 0. The van der Waals surface area contributed by atoms with E-state index in [9.17, 15) is 0 Å². The van der Waals surface area contributed by atoms with Gasteiger partial charge in [-0.3, -0.25) is 4.99 Å². The summed E-state index contributed by atoms with van der Waals surface area (Å²) in [6.45, 7) is 0.745. The molecule has 0 fully saturated rings. The van der Waals surface area contributed by atoms with Crippen LogP contribution in [0.25, 0.3) is 0 Å². The van der Waals surface area contributed by atoms with Crippen LogP contribution in [-0.2, 0) is 6.54 Å². The molecule has 0 unspecified atom stereocenters. The van der Waals surface area contributed by atoms with Crippen molar-refractivity contribution in [1.29, 1.82) is 0 Å². The van der Waals surface area contributed by atoms with Gasteiger partial charge in [-0.1, -0.05) is 6.07 Å². The van der Waals surface area contributed by atoms with Crippen LogP contribution in [0.4, 0.5) is 0 Å². The molecule has 0 saturated carbocycles. The lowest BCUT2D eigenvalue weighted by Crippen LogP contribution is -1.91. The molecule has 1 aliphatic heterocycles. The van der Waals surface area contributed by atoms with E-state index in [4.69, 9.17) is 16.3 Å². The van der Waals surface area contributed by atoms with E-state index < -0.39 is 0 Å². The summed E-state index contributed by atoms with van der Waals surface area (Å²) >= 11 is 5.68. The molecule has 0 saturated heterocycles. The van der Waals surface area contributed by atoms with Crippen molar-refractivity contribution in [3.63, 3.8) is 0 Å². The number of nitrogens with zero attached hydrogens (tertiary/aromatic N) is 3. The van der Waals surface area contributed by atoms with Crippen molar-refractivity contribution in [2.75, 3.05) is 0 Å². The predicted molar refractivity (Wildman–Crippen MR) is 64.9 cm³/mol. The van der Waals surface area contributed by atoms with Crippen LogP contribution in [-0.4, -0.2) is 16.2 Å². The van der Waals surface area contributed by atoms with E-state index >= 15 is 0 Å². The summed E-state index contributed by atoms with van der Waals surface area (Å²) in [4.78, 5) is 11.9. The van der Waals surface area contributed by atoms with Crippen LogP contribution in [0.5, 0.6) is 11.6 Å². The summed E-state index contributed by atoms with van der Waals surface area (Å²) in [5, 5.41) is 0.172. The van der Waals surface area contributed by atoms with Crippen LogP contribution in [0.1, 0.15) is 11.1 Å². The first kappa shape index (κ1) is 10.2. The van der Waals surface area contributed by atoms with E-state index in [2.05, 4.69) is 15.0 Å². The third-order valence-electron chi connectivity index (χ3n) is 2.43. The van der Waals surface area contributed by atoms with E-state index in [1.54, 1.807) is 12.3 Å². The van der Waals surface area contributed by atoms with Gasteiger partial charge >= 0.3 is 0 Å². The van der Waals surface area contributed by atoms with Crippen molar-refractivity contribution in [3.05, 3.63) is 46.9 Å². The van der Waals surface area contributed by atoms with Gasteiger partial charge in [0.1, 0.15) is 5.75 Å². The van der Waals surface area contributed by atoms with Gasteiger partial charge in [0, 0.05) is 24.0 Å². The standard InChI is InChI=1S/C12H8ClN3O/c13-12-15-4-3-11(16-12)17-10-2-1-8-6-14-7-9(8)5-10/h1-5,7H,6H2.